The lowest BCUT2D eigenvalue weighted by molar-refractivity contribution is -0.151. The average Bonchev–Trinajstić information content (AvgIpc) is 3.24. The van der Waals surface area contributed by atoms with Gasteiger partial charge in [0.1, 0.15) is 37.1 Å². The minimum atomic E-state index is -1.73. The SMILES string of the molecule is N=C(N)[N-]CCCC(NC(=O)CCC(=O)OCOc1cc(=[N+]2CCOCC2)oc2c(-c3ccccc3)cccc12)C(=O)NCC(=O)NC(CC(=O)Cl)C(=O)NC(CO)C(=O)O. The van der Waals surface area contributed by atoms with Crippen molar-refractivity contribution in [3.05, 3.63) is 65.5 Å². The van der Waals surface area contributed by atoms with Gasteiger partial charge in [0.2, 0.25) is 35.7 Å². The number of guanidine groups is 1. The maximum absolute atomic E-state index is 13.1. The molecule has 0 radical (unpaired) electrons. The van der Waals surface area contributed by atoms with Crippen molar-refractivity contribution < 1.29 is 62.4 Å². The number of carbonyl (C=O) groups excluding carboxylic acids is 6. The van der Waals surface area contributed by atoms with Gasteiger partial charge in [0.05, 0.1) is 37.4 Å². The highest BCUT2D eigenvalue weighted by atomic mass is 35.5. The highest BCUT2D eigenvalue weighted by Gasteiger charge is 2.29. The third-order valence-electron chi connectivity index (χ3n) is 8.96. The van der Waals surface area contributed by atoms with E-state index < -0.39 is 104 Å². The molecule has 2 aromatic carbocycles. The molecule has 0 spiro atoms. The number of carboxylic acids is 1. The molecule has 21 nitrogen and oxygen atoms in total. The summed E-state index contributed by atoms with van der Waals surface area (Å²) in [6.07, 6.45) is -1.41. The molecular weight excluding hydrogens is 824 g/mol. The van der Waals surface area contributed by atoms with Crippen molar-refractivity contribution in [1.82, 2.24) is 25.8 Å². The van der Waals surface area contributed by atoms with Crippen LogP contribution in [0.4, 0.5) is 0 Å². The standard InChI is InChI=1S/C39H47ClN8O13/c40-30(50)18-27(37(55)47-28(21-49)38(56)57)46-32(52)20-44-36(54)26(10-5-13-43-39(41)42)45-31(51)11-12-34(53)60-22-59-29-19-33(48-14-16-58-17-15-48)61-35-24(8-4-9-25(29)35)23-6-2-1-3-7-23/h1-4,6-9,19,26-28,49H,5,10-18,20-22H2,(H8-,41,42,43,44,45,46,47,51,52,54,55,56,57). The number of esters is 1. The summed E-state index contributed by atoms with van der Waals surface area (Å²) in [6.45, 7) is 0.00964. The number of nitrogens with one attached hydrogen (secondary N) is 5. The Morgan fingerprint density at radius 1 is 0.918 bits per heavy atom. The quantitative estimate of drug-likeness (QED) is 0.0119. The van der Waals surface area contributed by atoms with Gasteiger partial charge in [0.25, 0.3) is 0 Å². The Hall–Kier alpha value is -6.58. The van der Waals surface area contributed by atoms with Gasteiger partial charge in [0.15, 0.2) is 18.7 Å². The van der Waals surface area contributed by atoms with Crippen LogP contribution in [0.1, 0.15) is 32.1 Å². The Bertz CT molecular complexity index is 2140. The van der Waals surface area contributed by atoms with E-state index in [1.165, 1.54) is 0 Å². The second kappa shape index (κ2) is 23.9. The van der Waals surface area contributed by atoms with Crippen molar-refractivity contribution in [1.29, 1.82) is 5.41 Å². The molecule has 3 aromatic rings. The van der Waals surface area contributed by atoms with Crippen LogP contribution in [-0.4, -0.2) is 128 Å². The van der Waals surface area contributed by atoms with Crippen LogP contribution in [0.15, 0.2) is 59.0 Å². The largest absolute Gasteiger partial charge is 0.480 e. The molecule has 4 amide bonds. The predicted octanol–water partition coefficient (Wildman–Crippen LogP) is -0.588. The van der Waals surface area contributed by atoms with Crippen molar-refractivity contribution in [2.24, 2.45) is 5.73 Å². The summed E-state index contributed by atoms with van der Waals surface area (Å²) in [6, 6.07) is 12.3. The summed E-state index contributed by atoms with van der Waals surface area (Å²) in [5, 5.41) is 37.7. The zero-order valence-corrected chi connectivity index (χ0v) is 33.6. The molecule has 1 fully saturated rings. The molecule has 1 aromatic heterocycles. The number of ether oxygens (including phenoxy) is 3. The number of nitrogens with zero attached hydrogens (tertiary/aromatic N) is 2. The van der Waals surface area contributed by atoms with Crippen LogP contribution in [0, 0.1) is 5.41 Å². The van der Waals surface area contributed by atoms with E-state index in [4.69, 9.17) is 46.5 Å². The molecule has 1 aliphatic heterocycles. The summed E-state index contributed by atoms with van der Waals surface area (Å²) < 4.78 is 25.2. The minimum Gasteiger partial charge on any atom is -0.480 e. The molecule has 0 aliphatic carbocycles. The van der Waals surface area contributed by atoms with Crippen LogP contribution >= 0.6 is 11.6 Å². The van der Waals surface area contributed by atoms with Crippen LogP contribution in [0.5, 0.6) is 5.75 Å². The number of nitrogens with two attached hydrogens (primary N) is 1. The van der Waals surface area contributed by atoms with E-state index in [1.54, 1.807) is 6.07 Å². The lowest BCUT2D eigenvalue weighted by Crippen LogP contribution is -2.55. The van der Waals surface area contributed by atoms with Gasteiger partial charge in [-0.05, 0) is 48.6 Å². The van der Waals surface area contributed by atoms with Gasteiger partial charge in [-0.2, -0.15) is 4.58 Å². The molecule has 1 aliphatic rings. The third-order valence-corrected chi connectivity index (χ3v) is 9.12. The van der Waals surface area contributed by atoms with Crippen LogP contribution in [0.3, 0.4) is 0 Å². The molecule has 3 unspecified atom stereocenters. The van der Waals surface area contributed by atoms with Gasteiger partial charge in [-0.3, -0.25) is 28.8 Å². The first kappa shape index (κ1) is 47.1. The molecule has 0 bridgehead atoms. The topological polar surface area (TPSA) is 316 Å². The smallest absolute Gasteiger partial charge is 0.371 e. The lowest BCUT2D eigenvalue weighted by atomic mass is 10.0. The molecule has 1 saturated heterocycles. The minimum absolute atomic E-state index is 0.0303. The highest BCUT2D eigenvalue weighted by Crippen LogP contribution is 2.32. The number of benzene rings is 2. The number of aliphatic hydroxyl groups excluding tert-OH is 1. The van der Waals surface area contributed by atoms with E-state index >= 15 is 0 Å². The van der Waals surface area contributed by atoms with Gasteiger partial charge in [-0.1, -0.05) is 42.5 Å². The molecule has 0 saturated carbocycles. The second-order valence-corrected chi connectivity index (χ2v) is 13.8. The van der Waals surface area contributed by atoms with Gasteiger partial charge in [0, 0.05) is 12.0 Å². The molecule has 3 atom stereocenters. The first-order chi connectivity index (χ1) is 29.2. The molecule has 61 heavy (non-hydrogen) atoms. The molecule has 22 heteroatoms. The van der Waals surface area contributed by atoms with Crippen molar-refractivity contribution in [3.8, 4) is 16.9 Å². The van der Waals surface area contributed by atoms with Gasteiger partial charge >= 0.3 is 17.5 Å². The fourth-order valence-electron chi connectivity index (χ4n) is 5.91. The Balaban J connectivity index is 1.35. The Kier molecular flexibility index (Phi) is 18.4. The monoisotopic (exact) mass is 870 g/mol. The van der Waals surface area contributed by atoms with Gasteiger partial charge in [-0.25, -0.2) is 4.79 Å². The van der Waals surface area contributed by atoms with Crippen molar-refractivity contribution >= 4 is 69.3 Å². The van der Waals surface area contributed by atoms with E-state index in [0.717, 1.165) is 11.1 Å². The number of hydrogen-bond acceptors (Lipinski definition) is 13. The number of hydrogen-bond donors (Lipinski definition) is 8. The summed E-state index contributed by atoms with van der Waals surface area (Å²) in [5.41, 5.74) is 8.11. The van der Waals surface area contributed by atoms with Crippen molar-refractivity contribution in [2.75, 3.05) is 52.8 Å². The number of morpholine rings is 1. The van der Waals surface area contributed by atoms with Gasteiger partial charge in [-0.15, -0.1) is 0 Å². The maximum atomic E-state index is 13.1. The zero-order chi connectivity index (χ0) is 44.3. The zero-order valence-electron chi connectivity index (χ0n) is 32.9. The predicted molar refractivity (Wildman–Crippen MR) is 217 cm³/mol. The van der Waals surface area contributed by atoms with Crippen molar-refractivity contribution in [3.63, 3.8) is 0 Å². The number of aliphatic hydroxyl groups is 1. The fraction of sp³-hybridized carbons (Fsp3) is 0.410. The lowest BCUT2D eigenvalue weighted by Gasteiger charge is -2.21. The normalized spacial score (nSPS) is 13.8. The molecule has 9 N–H and O–H groups in total. The fourth-order valence-corrected chi connectivity index (χ4v) is 6.06. The highest BCUT2D eigenvalue weighted by molar-refractivity contribution is 6.63. The van der Waals surface area contributed by atoms with E-state index in [0.29, 0.717) is 48.6 Å². The first-order valence-electron chi connectivity index (χ1n) is 19.0. The number of carboxylic acid groups (broad SMARTS) is 1. The summed E-state index contributed by atoms with van der Waals surface area (Å²) in [5.74, 6) is -6.11. The molecular formula is C39H47ClN8O13. The number of carbonyl (C=O) groups is 7. The Labute approximate surface area is 353 Å². The van der Waals surface area contributed by atoms with Crippen LogP contribution in [0.25, 0.3) is 27.4 Å². The van der Waals surface area contributed by atoms with Crippen LogP contribution in [-0.2, 0) is 43.0 Å². The number of halogens is 1. The Morgan fingerprint density at radius 2 is 1.64 bits per heavy atom. The second-order valence-electron chi connectivity index (χ2n) is 13.4. The van der Waals surface area contributed by atoms with Crippen molar-refractivity contribution in [2.45, 2.75) is 50.2 Å². The average molecular weight is 871 g/mol. The van der Waals surface area contributed by atoms with Crippen LogP contribution < -0.4 is 41.9 Å². The molecule has 4 rings (SSSR count). The summed E-state index contributed by atoms with van der Waals surface area (Å²) >= 11 is 5.38. The third kappa shape index (κ3) is 15.2. The van der Waals surface area contributed by atoms with E-state index in [9.17, 15) is 38.7 Å². The number of rotatable bonds is 22. The van der Waals surface area contributed by atoms with Gasteiger partial charge < -0.3 is 66.6 Å². The number of fused-ring (bicyclic) bond motifs is 1. The summed E-state index contributed by atoms with van der Waals surface area (Å²) in [4.78, 5) is 86.7. The molecule has 328 valence electrons. The maximum Gasteiger partial charge on any atom is 0.371 e. The Morgan fingerprint density at radius 3 is 2.31 bits per heavy atom. The van der Waals surface area contributed by atoms with E-state index in [-0.39, 0.29) is 19.4 Å². The van der Waals surface area contributed by atoms with Crippen LogP contribution in [0.2, 0.25) is 0 Å². The van der Waals surface area contributed by atoms with E-state index in [1.807, 2.05) is 58.4 Å². The number of para-hydroxylation sites is 1. The first-order valence-corrected chi connectivity index (χ1v) is 19.4. The number of aliphatic carboxylic acids is 1. The summed E-state index contributed by atoms with van der Waals surface area (Å²) in [7, 11) is 0. The van der Waals surface area contributed by atoms with E-state index in [2.05, 4.69) is 21.3 Å². The molecule has 2 heterocycles. The number of amides is 4.